The number of carbonyl (C=O) groups excluding carboxylic acids is 1. The van der Waals surface area contributed by atoms with Gasteiger partial charge in [0.05, 0.1) is 12.8 Å². The number of nitrogens with zero attached hydrogens (tertiary/aromatic N) is 1. The maximum absolute atomic E-state index is 12.1. The quantitative estimate of drug-likeness (QED) is 0.872. The lowest BCUT2D eigenvalue weighted by molar-refractivity contribution is 0.251. The Labute approximate surface area is 140 Å². The number of amides is 2. The van der Waals surface area contributed by atoms with Gasteiger partial charge in [-0.05, 0) is 48.1 Å². The van der Waals surface area contributed by atoms with Gasteiger partial charge >= 0.3 is 6.03 Å². The topological polar surface area (TPSA) is 63.2 Å². The summed E-state index contributed by atoms with van der Waals surface area (Å²) in [4.78, 5) is 16.3. The number of hydrogen-bond acceptors (Lipinski definition) is 3. The van der Waals surface area contributed by atoms with E-state index >= 15 is 0 Å². The minimum absolute atomic E-state index is 0.317. The van der Waals surface area contributed by atoms with Gasteiger partial charge in [0, 0.05) is 24.0 Å². The zero-order valence-electron chi connectivity index (χ0n) is 12.8. The van der Waals surface area contributed by atoms with Crippen LogP contribution in [0.5, 0.6) is 5.75 Å². The number of pyridine rings is 1. The molecule has 1 aromatic heterocycles. The van der Waals surface area contributed by atoms with Crippen molar-refractivity contribution in [1.82, 2.24) is 10.3 Å². The summed E-state index contributed by atoms with van der Waals surface area (Å²) >= 11 is 5.95. The summed E-state index contributed by atoms with van der Waals surface area (Å²) in [5.74, 6) is 1.20. The number of hydrogen-bond donors (Lipinski definition) is 2. The van der Waals surface area contributed by atoms with Crippen molar-refractivity contribution >= 4 is 23.3 Å². The lowest BCUT2D eigenvalue weighted by Gasteiger charge is -2.11. The zero-order valence-corrected chi connectivity index (χ0v) is 13.6. The van der Waals surface area contributed by atoms with Crippen LogP contribution < -0.4 is 15.4 Å². The third-order valence-electron chi connectivity index (χ3n) is 3.73. The van der Waals surface area contributed by atoms with E-state index in [0.717, 1.165) is 5.56 Å². The van der Waals surface area contributed by atoms with Crippen LogP contribution in [-0.2, 0) is 6.54 Å². The molecule has 0 radical (unpaired) electrons. The lowest BCUT2D eigenvalue weighted by Crippen LogP contribution is -2.28. The minimum Gasteiger partial charge on any atom is -0.495 e. The van der Waals surface area contributed by atoms with Gasteiger partial charge < -0.3 is 15.4 Å². The third kappa shape index (κ3) is 4.13. The molecule has 23 heavy (non-hydrogen) atoms. The second kappa shape index (κ2) is 6.87. The second-order valence-corrected chi connectivity index (χ2v) is 5.99. The lowest BCUT2D eigenvalue weighted by atomic mass is 10.1. The normalized spacial score (nSPS) is 13.5. The van der Waals surface area contributed by atoms with E-state index in [2.05, 4.69) is 21.7 Å². The first-order chi connectivity index (χ1) is 11.2. The predicted octanol–water partition coefficient (Wildman–Crippen LogP) is 3.94. The van der Waals surface area contributed by atoms with E-state index in [9.17, 15) is 4.79 Å². The summed E-state index contributed by atoms with van der Waals surface area (Å²) in [6, 6.07) is 6.85. The highest BCUT2D eigenvalue weighted by Gasteiger charge is 2.23. The molecule has 1 aliphatic carbocycles. The number of carbonyl (C=O) groups is 1. The Morgan fingerprint density at radius 1 is 1.35 bits per heavy atom. The van der Waals surface area contributed by atoms with Crippen LogP contribution in [-0.4, -0.2) is 18.1 Å². The van der Waals surface area contributed by atoms with Gasteiger partial charge in [0.15, 0.2) is 0 Å². The molecule has 0 spiro atoms. The van der Waals surface area contributed by atoms with Crippen molar-refractivity contribution in [2.24, 2.45) is 0 Å². The van der Waals surface area contributed by atoms with Gasteiger partial charge in [0.1, 0.15) is 5.75 Å². The third-order valence-corrected chi connectivity index (χ3v) is 3.96. The van der Waals surface area contributed by atoms with Crippen LogP contribution in [0, 0.1) is 0 Å². The average Bonchev–Trinajstić information content (AvgIpc) is 3.38. The number of methoxy groups -OCH3 is 1. The second-order valence-electron chi connectivity index (χ2n) is 5.55. The van der Waals surface area contributed by atoms with Gasteiger partial charge in [-0.3, -0.25) is 4.98 Å². The van der Waals surface area contributed by atoms with E-state index < -0.39 is 0 Å². The van der Waals surface area contributed by atoms with Crippen LogP contribution in [0.4, 0.5) is 10.5 Å². The summed E-state index contributed by atoms with van der Waals surface area (Å²) in [5.41, 5.74) is 2.77. The first-order valence-corrected chi connectivity index (χ1v) is 7.85. The van der Waals surface area contributed by atoms with E-state index in [4.69, 9.17) is 16.3 Å². The van der Waals surface area contributed by atoms with Gasteiger partial charge in [-0.15, -0.1) is 0 Å². The van der Waals surface area contributed by atoms with Gasteiger partial charge in [-0.2, -0.15) is 0 Å². The number of urea groups is 1. The summed E-state index contributed by atoms with van der Waals surface area (Å²) in [6.45, 7) is 0.419. The van der Waals surface area contributed by atoms with Crippen LogP contribution in [0.2, 0.25) is 5.02 Å². The van der Waals surface area contributed by atoms with E-state index in [-0.39, 0.29) is 6.03 Å². The Hall–Kier alpha value is -2.27. The Morgan fingerprint density at radius 2 is 2.17 bits per heavy atom. The Balaban J connectivity index is 1.59. The summed E-state index contributed by atoms with van der Waals surface area (Å²) in [6.07, 6.45) is 6.13. The minimum atomic E-state index is -0.317. The fraction of sp³-hybridized carbons (Fsp3) is 0.294. The predicted molar refractivity (Wildman–Crippen MR) is 90.1 cm³/mol. The number of halogens is 1. The molecule has 0 bridgehead atoms. The van der Waals surface area contributed by atoms with Crippen molar-refractivity contribution < 1.29 is 9.53 Å². The van der Waals surface area contributed by atoms with Gasteiger partial charge in [0.25, 0.3) is 0 Å². The average molecular weight is 332 g/mol. The molecule has 0 aliphatic heterocycles. The van der Waals surface area contributed by atoms with E-state index in [1.165, 1.54) is 18.4 Å². The smallest absolute Gasteiger partial charge is 0.319 e. The molecule has 0 atom stereocenters. The largest absolute Gasteiger partial charge is 0.495 e. The molecule has 2 N–H and O–H groups in total. The van der Waals surface area contributed by atoms with Crippen molar-refractivity contribution in [2.75, 3.05) is 12.4 Å². The van der Waals surface area contributed by atoms with Crippen LogP contribution in [0.1, 0.15) is 29.9 Å². The standard InChI is InChI=1S/C17H18ClN3O2/c1-23-16-5-4-14(18)7-15(16)21-17(22)20-9-11-6-13(10-19-8-11)12-2-3-12/h4-8,10,12H,2-3,9H2,1H3,(H2,20,21,22). The highest BCUT2D eigenvalue weighted by molar-refractivity contribution is 6.31. The van der Waals surface area contributed by atoms with E-state index in [1.807, 2.05) is 6.20 Å². The molecule has 0 unspecified atom stereocenters. The maximum Gasteiger partial charge on any atom is 0.319 e. The van der Waals surface area contributed by atoms with Crippen LogP contribution in [0.15, 0.2) is 36.7 Å². The number of ether oxygens (including phenoxy) is 1. The van der Waals surface area contributed by atoms with Crippen LogP contribution in [0.3, 0.4) is 0 Å². The fourth-order valence-corrected chi connectivity index (χ4v) is 2.54. The molecule has 1 aliphatic rings. The zero-order chi connectivity index (χ0) is 16.2. The van der Waals surface area contributed by atoms with Gasteiger partial charge in [-0.1, -0.05) is 17.7 Å². The Bertz CT molecular complexity index is 717. The molecular formula is C17H18ClN3O2. The van der Waals surface area contributed by atoms with Crippen molar-refractivity contribution in [3.63, 3.8) is 0 Å². The van der Waals surface area contributed by atoms with Crippen molar-refractivity contribution in [3.05, 3.63) is 52.8 Å². The summed E-state index contributed by atoms with van der Waals surface area (Å²) < 4.78 is 5.20. The highest BCUT2D eigenvalue weighted by atomic mass is 35.5. The summed E-state index contributed by atoms with van der Waals surface area (Å²) in [5, 5.41) is 6.09. The van der Waals surface area contributed by atoms with E-state index in [0.29, 0.717) is 28.9 Å². The molecule has 2 aromatic rings. The van der Waals surface area contributed by atoms with Gasteiger partial charge in [-0.25, -0.2) is 4.79 Å². The van der Waals surface area contributed by atoms with Crippen molar-refractivity contribution in [1.29, 1.82) is 0 Å². The van der Waals surface area contributed by atoms with Crippen LogP contribution in [0.25, 0.3) is 0 Å². The molecule has 1 aromatic carbocycles. The number of benzene rings is 1. The molecule has 6 heteroatoms. The molecule has 1 heterocycles. The van der Waals surface area contributed by atoms with Crippen molar-refractivity contribution in [2.45, 2.75) is 25.3 Å². The monoisotopic (exact) mass is 331 g/mol. The number of rotatable bonds is 5. The molecule has 5 nitrogen and oxygen atoms in total. The number of anilines is 1. The van der Waals surface area contributed by atoms with E-state index in [1.54, 1.807) is 31.5 Å². The Morgan fingerprint density at radius 3 is 2.91 bits per heavy atom. The SMILES string of the molecule is COc1ccc(Cl)cc1NC(=O)NCc1cncc(C2CC2)c1. The molecule has 3 rings (SSSR count). The molecule has 0 saturated heterocycles. The molecule has 1 fully saturated rings. The first-order valence-electron chi connectivity index (χ1n) is 7.48. The fourth-order valence-electron chi connectivity index (χ4n) is 2.37. The molecule has 2 amide bonds. The van der Waals surface area contributed by atoms with Crippen molar-refractivity contribution in [3.8, 4) is 5.75 Å². The van der Waals surface area contributed by atoms with Gasteiger partial charge in [0.2, 0.25) is 0 Å². The number of nitrogens with one attached hydrogen (secondary N) is 2. The number of aromatic nitrogens is 1. The van der Waals surface area contributed by atoms with Crippen LogP contribution >= 0.6 is 11.6 Å². The molecule has 120 valence electrons. The molecule has 1 saturated carbocycles. The Kier molecular flexibility index (Phi) is 4.67. The highest BCUT2D eigenvalue weighted by Crippen LogP contribution is 2.39. The maximum atomic E-state index is 12.1. The summed E-state index contributed by atoms with van der Waals surface area (Å²) in [7, 11) is 1.54. The first kappa shape index (κ1) is 15.6. The molecular weight excluding hydrogens is 314 g/mol.